The molecule has 98 valence electrons. The van der Waals surface area contributed by atoms with E-state index in [2.05, 4.69) is 21.8 Å². The summed E-state index contributed by atoms with van der Waals surface area (Å²) in [7, 11) is 0. The topological polar surface area (TPSA) is 66.3 Å². The first-order valence-corrected chi connectivity index (χ1v) is 6.40. The van der Waals surface area contributed by atoms with Crippen molar-refractivity contribution in [3.05, 3.63) is 30.1 Å². The third-order valence-electron chi connectivity index (χ3n) is 3.50. The number of carboxylic acids is 1. The molecule has 1 N–H and O–H groups in total. The second-order valence-electron chi connectivity index (χ2n) is 5.03. The van der Waals surface area contributed by atoms with Crippen LogP contribution in [-0.2, 0) is 0 Å². The van der Waals surface area contributed by atoms with Crippen molar-refractivity contribution >= 4 is 22.7 Å². The Morgan fingerprint density at radius 1 is 1.37 bits per heavy atom. The van der Waals surface area contributed by atoms with Gasteiger partial charge in [-0.3, -0.25) is 0 Å². The molecular formula is C14H15N3O2. The van der Waals surface area contributed by atoms with Gasteiger partial charge in [0, 0.05) is 18.5 Å². The Morgan fingerprint density at radius 3 is 2.84 bits per heavy atom. The van der Waals surface area contributed by atoms with Gasteiger partial charge in [0.15, 0.2) is 0 Å². The summed E-state index contributed by atoms with van der Waals surface area (Å²) in [6.45, 7) is 4.03. The minimum Gasteiger partial charge on any atom is -0.475 e. The average molecular weight is 257 g/mol. The third-order valence-corrected chi connectivity index (χ3v) is 3.50. The van der Waals surface area contributed by atoms with Gasteiger partial charge in [-0.05, 0) is 24.5 Å². The van der Waals surface area contributed by atoms with Gasteiger partial charge in [-0.2, -0.15) is 0 Å². The number of carbonyl (C=O) groups is 1. The van der Waals surface area contributed by atoms with Crippen molar-refractivity contribution in [2.75, 3.05) is 18.0 Å². The van der Waals surface area contributed by atoms with E-state index in [1.54, 1.807) is 0 Å². The fraction of sp³-hybridized carbons (Fsp3) is 0.357. The van der Waals surface area contributed by atoms with Crippen LogP contribution in [-0.4, -0.2) is 34.1 Å². The van der Waals surface area contributed by atoms with E-state index >= 15 is 0 Å². The van der Waals surface area contributed by atoms with Gasteiger partial charge in [0.25, 0.3) is 0 Å². The number of aromatic nitrogens is 2. The number of fused-ring (bicyclic) bond motifs is 1. The molecule has 0 bridgehead atoms. The summed E-state index contributed by atoms with van der Waals surface area (Å²) in [6, 6.07) is 7.55. The Kier molecular flexibility index (Phi) is 2.81. The summed E-state index contributed by atoms with van der Waals surface area (Å²) in [5.41, 5.74) is 0.685. The lowest BCUT2D eigenvalue weighted by Gasteiger charge is -2.19. The zero-order valence-corrected chi connectivity index (χ0v) is 10.7. The maximum Gasteiger partial charge on any atom is 0.374 e. The van der Waals surface area contributed by atoms with E-state index in [0.717, 1.165) is 30.7 Å². The molecule has 2 heterocycles. The number of para-hydroxylation sites is 1. The van der Waals surface area contributed by atoms with Gasteiger partial charge in [0.1, 0.15) is 5.82 Å². The fourth-order valence-electron chi connectivity index (χ4n) is 2.52. The lowest BCUT2D eigenvalue weighted by Crippen LogP contribution is -2.22. The van der Waals surface area contributed by atoms with Crippen LogP contribution in [0.4, 0.5) is 5.82 Å². The van der Waals surface area contributed by atoms with E-state index in [4.69, 9.17) is 5.11 Å². The molecule has 0 aliphatic carbocycles. The monoisotopic (exact) mass is 257 g/mol. The van der Waals surface area contributed by atoms with Gasteiger partial charge in [0.2, 0.25) is 5.82 Å². The minimum absolute atomic E-state index is 0.131. The quantitative estimate of drug-likeness (QED) is 0.893. The zero-order chi connectivity index (χ0) is 13.4. The summed E-state index contributed by atoms with van der Waals surface area (Å²) in [4.78, 5) is 21.6. The van der Waals surface area contributed by atoms with E-state index in [1.807, 2.05) is 24.3 Å². The van der Waals surface area contributed by atoms with Crippen molar-refractivity contribution < 1.29 is 9.90 Å². The van der Waals surface area contributed by atoms with Crippen LogP contribution in [0.5, 0.6) is 0 Å². The molecule has 1 saturated heterocycles. The summed E-state index contributed by atoms with van der Waals surface area (Å²) < 4.78 is 0. The van der Waals surface area contributed by atoms with Crippen LogP contribution in [0.15, 0.2) is 24.3 Å². The van der Waals surface area contributed by atoms with E-state index in [9.17, 15) is 4.79 Å². The number of hydrogen-bond acceptors (Lipinski definition) is 4. The number of benzene rings is 1. The van der Waals surface area contributed by atoms with E-state index in [1.165, 1.54) is 0 Å². The molecule has 1 atom stereocenters. The molecule has 0 amide bonds. The highest BCUT2D eigenvalue weighted by Crippen LogP contribution is 2.28. The molecule has 1 aliphatic heterocycles. The molecule has 0 radical (unpaired) electrons. The van der Waals surface area contributed by atoms with Crippen LogP contribution in [0.2, 0.25) is 0 Å². The van der Waals surface area contributed by atoms with E-state index in [-0.39, 0.29) is 5.82 Å². The first-order valence-electron chi connectivity index (χ1n) is 6.40. The number of carboxylic acid groups (broad SMARTS) is 1. The van der Waals surface area contributed by atoms with Gasteiger partial charge in [-0.1, -0.05) is 19.1 Å². The van der Waals surface area contributed by atoms with Gasteiger partial charge >= 0.3 is 5.97 Å². The van der Waals surface area contributed by atoms with E-state index in [0.29, 0.717) is 11.4 Å². The van der Waals surface area contributed by atoms with Crippen molar-refractivity contribution in [1.29, 1.82) is 0 Å². The minimum atomic E-state index is -1.08. The van der Waals surface area contributed by atoms with Crippen molar-refractivity contribution in [3.8, 4) is 0 Å². The molecule has 3 rings (SSSR count). The molecule has 5 nitrogen and oxygen atoms in total. The highest BCUT2D eigenvalue weighted by atomic mass is 16.4. The number of anilines is 1. The molecule has 5 heteroatoms. The molecule has 1 fully saturated rings. The summed E-state index contributed by atoms with van der Waals surface area (Å²) >= 11 is 0. The molecule has 1 aromatic carbocycles. The molecule has 0 saturated carbocycles. The summed E-state index contributed by atoms with van der Waals surface area (Å²) in [5, 5.41) is 10.0. The number of aromatic carboxylic acids is 1. The van der Waals surface area contributed by atoms with Crippen molar-refractivity contribution in [3.63, 3.8) is 0 Å². The lowest BCUT2D eigenvalue weighted by molar-refractivity contribution is 0.0684. The molecule has 0 spiro atoms. The predicted molar refractivity (Wildman–Crippen MR) is 72.5 cm³/mol. The number of hydrogen-bond donors (Lipinski definition) is 1. The molecule has 19 heavy (non-hydrogen) atoms. The first-order chi connectivity index (χ1) is 9.15. The second kappa shape index (κ2) is 4.50. The third kappa shape index (κ3) is 2.12. The zero-order valence-electron chi connectivity index (χ0n) is 10.7. The van der Waals surface area contributed by atoms with Gasteiger partial charge in [-0.25, -0.2) is 14.8 Å². The van der Waals surface area contributed by atoms with Crippen LogP contribution < -0.4 is 4.90 Å². The van der Waals surface area contributed by atoms with Gasteiger partial charge in [0.05, 0.1) is 5.52 Å². The molecule has 1 aromatic heterocycles. The maximum atomic E-state index is 11.1. The predicted octanol–water partition coefficient (Wildman–Crippen LogP) is 2.17. The lowest BCUT2D eigenvalue weighted by atomic mass is 10.2. The smallest absolute Gasteiger partial charge is 0.374 e. The Morgan fingerprint density at radius 2 is 2.16 bits per heavy atom. The average Bonchev–Trinajstić information content (AvgIpc) is 2.84. The van der Waals surface area contributed by atoms with Crippen molar-refractivity contribution in [1.82, 2.24) is 9.97 Å². The second-order valence-corrected chi connectivity index (χ2v) is 5.03. The van der Waals surface area contributed by atoms with Crippen LogP contribution in [0.3, 0.4) is 0 Å². The van der Waals surface area contributed by atoms with Crippen molar-refractivity contribution in [2.45, 2.75) is 13.3 Å². The van der Waals surface area contributed by atoms with E-state index < -0.39 is 5.97 Å². The Balaban J connectivity index is 2.17. The fourth-order valence-corrected chi connectivity index (χ4v) is 2.52. The van der Waals surface area contributed by atoms with Crippen LogP contribution in [0, 0.1) is 5.92 Å². The SMILES string of the molecule is CC1CCN(c2nc(C(=O)O)nc3ccccc23)C1. The molecule has 2 aromatic rings. The van der Waals surface area contributed by atoms with Gasteiger partial charge in [-0.15, -0.1) is 0 Å². The Hall–Kier alpha value is -2.17. The number of nitrogens with zero attached hydrogens (tertiary/aromatic N) is 3. The standard InChI is InChI=1S/C14H15N3O2/c1-9-6-7-17(8-9)13-10-4-2-3-5-11(10)15-12(16-13)14(18)19/h2-5,9H,6-8H2,1H3,(H,18,19). The molecule has 1 unspecified atom stereocenters. The summed E-state index contributed by atoms with van der Waals surface area (Å²) in [6.07, 6.45) is 1.11. The van der Waals surface area contributed by atoms with Crippen LogP contribution >= 0.6 is 0 Å². The van der Waals surface area contributed by atoms with Crippen LogP contribution in [0.25, 0.3) is 10.9 Å². The summed E-state index contributed by atoms with van der Waals surface area (Å²) in [5.74, 6) is 0.141. The molecular weight excluding hydrogens is 242 g/mol. The first kappa shape index (κ1) is 11.9. The normalized spacial score (nSPS) is 19.0. The number of rotatable bonds is 2. The maximum absolute atomic E-state index is 11.1. The van der Waals surface area contributed by atoms with Crippen LogP contribution in [0.1, 0.15) is 24.0 Å². The molecule has 1 aliphatic rings. The highest BCUT2D eigenvalue weighted by molar-refractivity contribution is 5.93. The Bertz CT molecular complexity index is 642. The van der Waals surface area contributed by atoms with Crippen molar-refractivity contribution in [2.24, 2.45) is 5.92 Å². The van der Waals surface area contributed by atoms with Gasteiger partial charge < -0.3 is 10.0 Å². The Labute approximate surface area is 110 Å². The highest BCUT2D eigenvalue weighted by Gasteiger charge is 2.23. The largest absolute Gasteiger partial charge is 0.475 e.